The molecule has 0 unspecified atom stereocenters. The van der Waals surface area contributed by atoms with Crippen molar-refractivity contribution in [2.75, 3.05) is 0 Å². The third kappa shape index (κ3) is 1.51. The highest BCUT2D eigenvalue weighted by molar-refractivity contribution is 7.21. The largest absolute Gasteiger partial charge is 0.289 e. The minimum absolute atomic E-state index is 0.0746. The van der Waals surface area contributed by atoms with Crippen LogP contribution in [0.4, 0.5) is 0 Å². The maximum Gasteiger partial charge on any atom is 0.187 e. The van der Waals surface area contributed by atoms with Crippen LogP contribution < -0.4 is 5.43 Å². The van der Waals surface area contributed by atoms with E-state index in [4.69, 9.17) is 11.6 Å². The Hall–Kier alpha value is -1.38. The molecule has 1 heterocycles. The topological polar surface area (TPSA) is 17.1 Å². The first-order valence-corrected chi connectivity index (χ1v) is 6.06. The molecular weight excluding hydrogens is 240 g/mol. The highest BCUT2D eigenvalue weighted by Crippen LogP contribution is 2.32. The minimum atomic E-state index is 0.0746. The maximum atomic E-state index is 11.7. The molecule has 0 saturated heterocycles. The molecule has 0 radical (unpaired) electrons. The highest BCUT2D eigenvalue weighted by Gasteiger charge is 2.07. The van der Waals surface area contributed by atoms with Crippen LogP contribution in [0.25, 0.3) is 20.5 Å². The molecule has 0 bridgehead atoms. The molecule has 1 aromatic carbocycles. The van der Waals surface area contributed by atoms with Crippen molar-refractivity contribution in [2.24, 2.45) is 0 Å². The normalized spacial score (nSPS) is 11.1. The molecule has 0 amide bonds. The molecule has 1 aliphatic carbocycles. The van der Waals surface area contributed by atoms with Crippen molar-refractivity contribution in [3.63, 3.8) is 0 Å². The van der Waals surface area contributed by atoms with E-state index in [2.05, 4.69) is 0 Å². The Morgan fingerprint density at radius 1 is 1.06 bits per heavy atom. The van der Waals surface area contributed by atoms with Crippen LogP contribution in [0.2, 0.25) is 5.02 Å². The van der Waals surface area contributed by atoms with Gasteiger partial charge in [0.25, 0.3) is 0 Å². The van der Waals surface area contributed by atoms with E-state index in [0.29, 0.717) is 0 Å². The molecule has 0 spiro atoms. The lowest BCUT2D eigenvalue weighted by Gasteiger charge is -2.05. The molecule has 3 heteroatoms. The van der Waals surface area contributed by atoms with E-state index in [1.165, 1.54) is 0 Å². The predicted octanol–water partition coefficient (Wildman–Crippen LogP) is 4.02. The van der Waals surface area contributed by atoms with Gasteiger partial charge >= 0.3 is 0 Å². The third-order valence-corrected chi connectivity index (χ3v) is 3.91. The molecule has 2 aliphatic rings. The van der Waals surface area contributed by atoms with E-state index in [0.717, 1.165) is 25.5 Å². The summed E-state index contributed by atoms with van der Waals surface area (Å²) in [5.74, 6) is 0. The monoisotopic (exact) mass is 246 g/mol. The van der Waals surface area contributed by atoms with Gasteiger partial charge in [-0.05, 0) is 35.7 Å². The number of benzene rings is 2. The Balaban J connectivity index is 2.50. The van der Waals surface area contributed by atoms with Crippen LogP contribution in [-0.2, 0) is 0 Å². The van der Waals surface area contributed by atoms with Crippen molar-refractivity contribution in [2.45, 2.75) is 0 Å². The average Bonchev–Trinajstić information content (AvgIpc) is 2.27. The van der Waals surface area contributed by atoms with Gasteiger partial charge in [0, 0.05) is 20.2 Å². The molecule has 1 aliphatic heterocycles. The maximum absolute atomic E-state index is 11.7. The molecule has 1 aromatic rings. The van der Waals surface area contributed by atoms with Crippen molar-refractivity contribution < 1.29 is 0 Å². The van der Waals surface area contributed by atoms with Crippen LogP contribution >= 0.6 is 22.9 Å². The van der Waals surface area contributed by atoms with Gasteiger partial charge in [0.1, 0.15) is 0 Å². The van der Waals surface area contributed by atoms with Crippen molar-refractivity contribution in [1.29, 1.82) is 0 Å². The lowest BCUT2D eigenvalue weighted by Crippen LogP contribution is -2.01. The first-order chi connectivity index (χ1) is 7.74. The van der Waals surface area contributed by atoms with Crippen LogP contribution in [-0.4, -0.2) is 0 Å². The molecule has 0 fully saturated rings. The number of fused-ring (bicyclic) bond motifs is 2. The summed E-state index contributed by atoms with van der Waals surface area (Å²) in [5.41, 5.74) is 0.855. The Morgan fingerprint density at radius 2 is 1.94 bits per heavy atom. The smallest absolute Gasteiger partial charge is 0.187 e. The summed E-state index contributed by atoms with van der Waals surface area (Å²) in [4.78, 5) is 12.7. The van der Waals surface area contributed by atoms with Crippen molar-refractivity contribution in [3.05, 3.63) is 57.7 Å². The average molecular weight is 247 g/mol. The van der Waals surface area contributed by atoms with Gasteiger partial charge in [-0.15, -0.1) is 11.3 Å². The van der Waals surface area contributed by atoms with E-state index in [9.17, 15) is 4.79 Å². The number of rotatable bonds is 0. The van der Waals surface area contributed by atoms with Gasteiger partial charge in [0.15, 0.2) is 5.43 Å². The summed E-state index contributed by atoms with van der Waals surface area (Å²) in [7, 11) is 0. The summed E-state index contributed by atoms with van der Waals surface area (Å²) in [5, 5.41) is 1.78. The Labute approximate surface area is 101 Å². The molecule has 78 valence electrons. The number of halogens is 1. The number of hydrogen-bond acceptors (Lipinski definition) is 2. The quantitative estimate of drug-likeness (QED) is 0.548. The molecule has 0 aromatic heterocycles. The van der Waals surface area contributed by atoms with Gasteiger partial charge in [-0.25, -0.2) is 0 Å². The molecular formula is C13H7ClOS. The van der Waals surface area contributed by atoms with Gasteiger partial charge in [-0.1, -0.05) is 23.7 Å². The van der Waals surface area contributed by atoms with Crippen molar-refractivity contribution >= 4 is 33.0 Å². The Kier molecular flexibility index (Phi) is 2.20. The van der Waals surface area contributed by atoms with Gasteiger partial charge in [0.2, 0.25) is 0 Å². The summed E-state index contributed by atoms with van der Waals surface area (Å²) < 4.78 is 1.10. The molecule has 0 atom stereocenters. The zero-order valence-corrected chi connectivity index (χ0v) is 9.81. The van der Waals surface area contributed by atoms with Crippen LogP contribution in [0.1, 0.15) is 0 Å². The fourth-order valence-electron chi connectivity index (χ4n) is 1.74. The summed E-state index contributed by atoms with van der Waals surface area (Å²) >= 11 is 7.54. The fraction of sp³-hybridized carbons (Fsp3) is 0. The first kappa shape index (κ1) is 9.82. The summed E-state index contributed by atoms with van der Waals surface area (Å²) in [6.45, 7) is 0. The van der Waals surface area contributed by atoms with Gasteiger partial charge in [0.05, 0.1) is 0 Å². The van der Waals surface area contributed by atoms with Gasteiger partial charge < -0.3 is 0 Å². The van der Waals surface area contributed by atoms with E-state index < -0.39 is 0 Å². The predicted molar refractivity (Wildman–Crippen MR) is 69.7 cm³/mol. The second-order valence-electron chi connectivity index (χ2n) is 3.60. The lowest BCUT2D eigenvalue weighted by atomic mass is 10.1. The Morgan fingerprint density at radius 3 is 2.81 bits per heavy atom. The van der Waals surface area contributed by atoms with Crippen LogP contribution in [0.5, 0.6) is 0 Å². The van der Waals surface area contributed by atoms with Crippen molar-refractivity contribution in [3.8, 4) is 10.4 Å². The van der Waals surface area contributed by atoms with Gasteiger partial charge in [-0.3, -0.25) is 4.79 Å². The van der Waals surface area contributed by atoms with Gasteiger partial charge in [-0.2, -0.15) is 0 Å². The zero-order chi connectivity index (χ0) is 11.1. The van der Waals surface area contributed by atoms with E-state index in [-0.39, 0.29) is 5.43 Å². The second-order valence-corrected chi connectivity index (χ2v) is 5.12. The standard InChI is InChI=1S/C13H7ClOS/c14-9-5-4-8-6-10-11(15)2-1-3-12(10)16-13(8)7-9/h1-7H. The van der Waals surface area contributed by atoms with Crippen molar-refractivity contribution in [1.82, 2.24) is 0 Å². The van der Waals surface area contributed by atoms with E-state index in [1.54, 1.807) is 23.5 Å². The molecule has 0 saturated carbocycles. The first-order valence-electron chi connectivity index (χ1n) is 4.86. The lowest BCUT2D eigenvalue weighted by molar-refractivity contribution is 1.59. The zero-order valence-electron chi connectivity index (χ0n) is 8.24. The molecule has 3 rings (SSSR count). The highest BCUT2D eigenvalue weighted by atomic mass is 35.5. The fourth-order valence-corrected chi connectivity index (χ4v) is 3.07. The summed E-state index contributed by atoms with van der Waals surface area (Å²) in [6.07, 6.45) is 0. The Bertz CT molecular complexity index is 702. The van der Waals surface area contributed by atoms with Crippen LogP contribution in [0.15, 0.2) is 47.3 Å². The second kappa shape index (κ2) is 3.58. The summed E-state index contributed by atoms with van der Waals surface area (Å²) in [6, 6.07) is 13.0. The molecule has 0 N–H and O–H groups in total. The minimum Gasteiger partial charge on any atom is -0.289 e. The van der Waals surface area contributed by atoms with E-state index in [1.807, 2.05) is 30.3 Å². The van der Waals surface area contributed by atoms with Crippen LogP contribution in [0, 0.1) is 0 Å². The third-order valence-electron chi connectivity index (χ3n) is 2.52. The molecule has 16 heavy (non-hydrogen) atoms. The number of hydrogen-bond donors (Lipinski definition) is 0. The van der Waals surface area contributed by atoms with Crippen LogP contribution in [0.3, 0.4) is 0 Å². The van der Waals surface area contributed by atoms with E-state index >= 15 is 0 Å². The molecule has 1 nitrogen and oxygen atoms in total. The SMILES string of the molecule is O=c1cccc2sc3cc(Cl)ccc3cc1-2.